The van der Waals surface area contributed by atoms with Crippen molar-refractivity contribution in [2.24, 2.45) is 5.73 Å². The lowest BCUT2D eigenvalue weighted by molar-refractivity contribution is -0.156. The Bertz CT molecular complexity index is 932. The molecule has 30 heavy (non-hydrogen) atoms. The number of phenolic OH excluding ortho intramolecular Hbond substituents is 1. The summed E-state index contributed by atoms with van der Waals surface area (Å²) in [7, 11) is 0. The Morgan fingerprint density at radius 1 is 1.10 bits per heavy atom. The van der Waals surface area contributed by atoms with Crippen LogP contribution in [0.2, 0.25) is 0 Å². The summed E-state index contributed by atoms with van der Waals surface area (Å²) < 4.78 is 44.2. The maximum absolute atomic E-state index is 14.5. The van der Waals surface area contributed by atoms with Gasteiger partial charge in [0.2, 0.25) is 0 Å². The fraction of sp³-hybridized carbons (Fsp3) is 0.333. The molecule has 162 valence electrons. The van der Waals surface area contributed by atoms with Gasteiger partial charge in [-0.05, 0) is 57.5 Å². The van der Waals surface area contributed by atoms with E-state index in [4.69, 9.17) is 19.9 Å². The highest BCUT2D eigenvalue weighted by molar-refractivity contribution is 5.90. The van der Waals surface area contributed by atoms with Gasteiger partial charge in [-0.1, -0.05) is 0 Å². The third kappa shape index (κ3) is 5.90. The molecule has 0 amide bonds. The van der Waals surface area contributed by atoms with Gasteiger partial charge in [-0.3, -0.25) is 0 Å². The van der Waals surface area contributed by atoms with Crippen LogP contribution in [0.5, 0.6) is 17.2 Å². The molecule has 0 aromatic heterocycles. The van der Waals surface area contributed by atoms with Crippen LogP contribution < -0.4 is 10.5 Å². The van der Waals surface area contributed by atoms with Crippen LogP contribution in [0.1, 0.15) is 49.7 Å². The number of ether oxygens (including phenoxy) is 3. The summed E-state index contributed by atoms with van der Waals surface area (Å²) in [6.07, 6.45) is 0. The molecular formula is C21H23F2NO6. The number of hydrogen-bond donors (Lipinski definition) is 2. The van der Waals surface area contributed by atoms with E-state index in [1.165, 1.54) is 0 Å². The Balaban J connectivity index is 2.30. The van der Waals surface area contributed by atoms with E-state index >= 15 is 0 Å². The predicted octanol–water partition coefficient (Wildman–Crippen LogP) is 3.98. The van der Waals surface area contributed by atoms with Gasteiger partial charge in [0.15, 0.2) is 17.4 Å². The molecule has 0 aliphatic heterocycles. The van der Waals surface area contributed by atoms with E-state index in [0.29, 0.717) is 0 Å². The molecule has 0 saturated heterocycles. The van der Waals surface area contributed by atoms with Gasteiger partial charge in [0, 0.05) is 6.07 Å². The predicted molar refractivity (Wildman–Crippen MR) is 103 cm³/mol. The molecule has 1 atom stereocenters. The second-order valence-corrected chi connectivity index (χ2v) is 7.36. The van der Waals surface area contributed by atoms with Crippen LogP contribution in [0, 0.1) is 11.6 Å². The van der Waals surface area contributed by atoms with Crippen LogP contribution in [0.4, 0.5) is 8.78 Å². The van der Waals surface area contributed by atoms with E-state index in [1.807, 2.05) is 0 Å². The molecule has 2 aromatic carbocycles. The molecule has 0 heterocycles. The first-order valence-electron chi connectivity index (χ1n) is 9.07. The average Bonchev–Trinajstić information content (AvgIpc) is 2.62. The molecule has 2 rings (SSSR count). The molecule has 7 nitrogen and oxygen atoms in total. The van der Waals surface area contributed by atoms with Crippen molar-refractivity contribution in [3.8, 4) is 17.2 Å². The number of carbonyl (C=O) groups is 2. The van der Waals surface area contributed by atoms with Gasteiger partial charge in [-0.2, -0.15) is 0 Å². The Hall–Kier alpha value is -3.20. The lowest BCUT2D eigenvalue weighted by Gasteiger charge is -2.22. The lowest BCUT2D eigenvalue weighted by Crippen LogP contribution is -2.31. The van der Waals surface area contributed by atoms with Crippen molar-refractivity contribution >= 4 is 11.9 Å². The van der Waals surface area contributed by atoms with Gasteiger partial charge in [0.25, 0.3) is 0 Å². The molecule has 9 heteroatoms. The number of aromatic hydroxyl groups is 1. The zero-order chi connectivity index (χ0) is 22.6. The number of phenols is 1. The SMILES string of the molecule is CCOC(=O)c1cc(O)cc(Oc2c(F)cc(C(N)C(=O)OC(C)(C)C)cc2F)c1. The van der Waals surface area contributed by atoms with Crippen molar-refractivity contribution in [2.45, 2.75) is 39.3 Å². The monoisotopic (exact) mass is 423 g/mol. The minimum atomic E-state index is -1.40. The standard InChI is InChI=1S/C21H23F2NO6/c1-5-28-19(26)12-6-13(25)10-14(7-12)29-18-15(22)8-11(9-16(18)23)17(24)20(27)30-21(2,3)4/h6-10,17,25H,5,24H2,1-4H3. The largest absolute Gasteiger partial charge is 0.508 e. The summed E-state index contributed by atoms with van der Waals surface area (Å²) in [5.41, 5.74) is 4.73. The van der Waals surface area contributed by atoms with Crippen molar-refractivity contribution in [3.05, 3.63) is 53.1 Å². The van der Waals surface area contributed by atoms with Crippen molar-refractivity contribution in [1.82, 2.24) is 0 Å². The van der Waals surface area contributed by atoms with Gasteiger partial charge < -0.3 is 25.1 Å². The molecular weight excluding hydrogens is 400 g/mol. The minimum Gasteiger partial charge on any atom is -0.508 e. The van der Waals surface area contributed by atoms with Crippen LogP contribution in [-0.4, -0.2) is 29.3 Å². The minimum absolute atomic E-state index is 0.0590. The number of carbonyl (C=O) groups excluding carboxylic acids is 2. The number of esters is 2. The maximum Gasteiger partial charge on any atom is 0.338 e. The molecule has 0 bridgehead atoms. The zero-order valence-corrected chi connectivity index (χ0v) is 17.0. The molecule has 0 fully saturated rings. The van der Waals surface area contributed by atoms with E-state index in [0.717, 1.165) is 30.3 Å². The molecule has 0 aliphatic carbocycles. The van der Waals surface area contributed by atoms with Gasteiger partial charge in [0.05, 0.1) is 12.2 Å². The number of nitrogens with two attached hydrogens (primary N) is 1. The molecule has 3 N–H and O–H groups in total. The Morgan fingerprint density at radius 3 is 2.23 bits per heavy atom. The van der Waals surface area contributed by atoms with Gasteiger partial charge in [0.1, 0.15) is 23.1 Å². The fourth-order valence-electron chi connectivity index (χ4n) is 2.45. The highest BCUT2D eigenvalue weighted by Crippen LogP contribution is 2.32. The van der Waals surface area contributed by atoms with Crippen LogP contribution in [0.3, 0.4) is 0 Å². The second kappa shape index (κ2) is 9.08. The highest BCUT2D eigenvalue weighted by Gasteiger charge is 2.26. The first kappa shape index (κ1) is 23.1. The van der Waals surface area contributed by atoms with Crippen LogP contribution in [-0.2, 0) is 14.3 Å². The van der Waals surface area contributed by atoms with Crippen molar-refractivity contribution in [1.29, 1.82) is 0 Å². The van der Waals surface area contributed by atoms with Crippen molar-refractivity contribution in [3.63, 3.8) is 0 Å². The van der Waals surface area contributed by atoms with Gasteiger partial charge in [-0.25, -0.2) is 18.4 Å². The third-order valence-corrected chi connectivity index (χ3v) is 3.66. The Morgan fingerprint density at radius 2 is 1.70 bits per heavy atom. The molecule has 1 unspecified atom stereocenters. The van der Waals surface area contributed by atoms with Gasteiger partial charge >= 0.3 is 11.9 Å². The normalized spacial score (nSPS) is 12.2. The summed E-state index contributed by atoms with van der Waals surface area (Å²) in [5, 5.41) is 9.76. The van der Waals surface area contributed by atoms with E-state index in [1.54, 1.807) is 27.7 Å². The zero-order valence-electron chi connectivity index (χ0n) is 17.0. The van der Waals surface area contributed by atoms with Gasteiger partial charge in [-0.15, -0.1) is 0 Å². The number of rotatable bonds is 6. The smallest absolute Gasteiger partial charge is 0.338 e. The average molecular weight is 423 g/mol. The second-order valence-electron chi connectivity index (χ2n) is 7.36. The van der Waals surface area contributed by atoms with Crippen LogP contribution in [0.25, 0.3) is 0 Å². The van der Waals surface area contributed by atoms with Crippen molar-refractivity contribution in [2.75, 3.05) is 6.61 Å². The summed E-state index contributed by atoms with van der Waals surface area (Å²) in [4.78, 5) is 23.9. The fourth-order valence-corrected chi connectivity index (χ4v) is 2.45. The molecule has 0 saturated carbocycles. The molecule has 0 radical (unpaired) electrons. The van der Waals surface area contributed by atoms with Crippen molar-refractivity contribution < 1.29 is 37.7 Å². The Labute approximate surface area is 172 Å². The topological polar surface area (TPSA) is 108 Å². The molecule has 2 aromatic rings. The summed E-state index contributed by atoms with van der Waals surface area (Å²) in [5.74, 6) is -5.20. The number of hydrogen-bond acceptors (Lipinski definition) is 7. The molecule has 0 spiro atoms. The summed E-state index contributed by atoms with van der Waals surface area (Å²) in [6, 6.07) is 3.65. The molecule has 0 aliphatic rings. The Kier molecular flexibility index (Phi) is 6.99. The lowest BCUT2D eigenvalue weighted by atomic mass is 10.1. The maximum atomic E-state index is 14.5. The quantitative estimate of drug-likeness (QED) is 0.677. The van der Waals surface area contributed by atoms with Crippen LogP contribution >= 0.6 is 0 Å². The van der Waals surface area contributed by atoms with Crippen LogP contribution in [0.15, 0.2) is 30.3 Å². The summed E-state index contributed by atoms with van der Waals surface area (Å²) >= 11 is 0. The van der Waals surface area contributed by atoms with E-state index in [2.05, 4.69) is 0 Å². The number of halogens is 2. The first-order chi connectivity index (χ1) is 13.9. The van der Waals surface area contributed by atoms with E-state index in [9.17, 15) is 23.5 Å². The highest BCUT2D eigenvalue weighted by atomic mass is 19.1. The third-order valence-electron chi connectivity index (χ3n) is 3.66. The number of benzene rings is 2. The van der Waals surface area contributed by atoms with E-state index in [-0.39, 0.29) is 29.2 Å². The first-order valence-corrected chi connectivity index (χ1v) is 9.07. The summed E-state index contributed by atoms with van der Waals surface area (Å²) in [6.45, 7) is 6.61. The van der Waals surface area contributed by atoms with E-state index < -0.39 is 41.0 Å².